The molecule has 0 spiro atoms. The zero-order valence-corrected chi connectivity index (χ0v) is 26.4. The first kappa shape index (κ1) is 29.3. The third-order valence-corrected chi connectivity index (χ3v) is 8.85. The van der Waals surface area contributed by atoms with Gasteiger partial charge in [0.1, 0.15) is 0 Å². The predicted octanol–water partition coefficient (Wildman–Crippen LogP) is 9.91. The van der Waals surface area contributed by atoms with Crippen LogP contribution >= 0.6 is 0 Å². The molecule has 3 heterocycles. The average molecular weight is 620 g/mol. The van der Waals surface area contributed by atoms with E-state index in [0.717, 1.165) is 52.9 Å². The molecule has 0 saturated carbocycles. The van der Waals surface area contributed by atoms with Gasteiger partial charge in [-0.25, -0.2) is 15.0 Å². The molecule has 8 rings (SSSR count). The topological polar surface area (TPSA) is 64.5 Å². The van der Waals surface area contributed by atoms with Gasteiger partial charge in [-0.15, -0.1) is 0 Å². The molecule has 0 N–H and O–H groups in total. The average Bonchev–Trinajstić information content (AvgIpc) is 3.19. The number of pyridine rings is 2. The van der Waals surface area contributed by atoms with E-state index in [1.165, 1.54) is 22.3 Å². The zero-order valence-electron chi connectivity index (χ0n) is 26.4. The molecule has 0 fully saturated rings. The first-order valence-electron chi connectivity index (χ1n) is 16.4. The molecule has 5 nitrogen and oxygen atoms in total. The fourth-order valence-electron chi connectivity index (χ4n) is 6.43. The van der Waals surface area contributed by atoms with Gasteiger partial charge in [0.15, 0.2) is 17.5 Å². The Balaban J connectivity index is 1.27. The molecule has 0 saturated heterocycles. The van der Waals surface area contributed by atoms with Gasteiger partial charge >= 0.3 is 0 Å². The number of rotatable bonds is 7. The number of nitrogens with zero attached hydrogens (tertiary/aromatic N) is 5. The molecule has 0 aliphatic heterocycles. The van der Waals surface area contributed by atoms with Crippen LogP contribution in [0.4, 0.5) is 0 Å². The zero-order chi connectivity index (χ0) is 32.1. The highest BCUT2D eigenvalue weighted by Crippen LogP contribution is 2.39. The van der Waals surface area contributed by atoms with Crippen molar-refractivity contribution in [2.45, 2.75) is 25.2 Å². The first-order valence-corrected chi connectivity index (χ1v) is 16.4. The Labute approximate surface area is 280 Å². The monoisotopic (exact) mass is 619 g/mol. The summed E-state index contributed by atoms with van der Waals surface area (Å²) < 4.78 is 0. The van der Waals surface area contributed by atoms with E-state index in [1.54, 1.807) is 0 Å². The van der Waals surface area contributed by atoms with Crippen LogP contribution in [0.5, 0.6) is 0 Å². The molecule has 48 heavy (non-hydrogen) atoms. The summed E-state index contributed by atoms with van der Waals surface area (Å²) in [6, 6.07) is 41.6. The van der Waals surface area contributed by atoms with Crippen LogP contribution in [0.15, 0.2) is 158 Å². The molecule has 3 aromatic carbocycles. The van der Waals surface area contributed by atoms with Gasteiger partial charge < -0.3 is 0 Å². The minimum Gasteiger partial charge on any atom is -0.257 e. The van der Waals surface area contributed by atoms with Gasteiger partial charge in [0.2, 0.25) is 0 Å². The van der Waals surface area contributed by atoms with Crippen molar-refractivity contribution in [2.75, 3.05) is 0 Å². The van der Waals surface area contributed by atoms with Crippen LogP contribution in [-0.2, 0) is 0 Å². The van der Waals surface area contributed by atoms with E-state index >= 15 is 0 Å². The SMILES string of the molecule is C1=C(c2ccccc2)C=C(c2nc(C3=CCCC(c4ccccn4)=C3)nc(-c3cccc(-c4ccccn4)c3)n2)CC1c1ccccc1. The van der Waals surface area contributed by atoms with E-state index in [2.05, 4.69) is 119 Å². The maximum absolute atomic E-state index is 5.21. The van der Waals surface area contributed by atoms with Crippen LogP contribution in [0.2, 0.25) is 0 Å². The number of aromatic nitrogens is 5. The lowest BCUT2D eigenvalue weighted by molar-refractivity contribution is 0.853. The summed E-state index contributed by atoms with van der Waals surface area (Å²) in [4.78, 5) is 24.7. The largest absolute Gasteiger partial charge is 0.257 e. The second-order valence-electron chi connectivity index (χ2n) is 12.1. The summed E-state index contributed by atoms with van der Waals surface area (Å²) in [6.07, 6.45) is 15.3. The Morgan fingerprint density at radius 2 is 1.15 bits per heavy atom. The van der Waals surface area contributed by atoms with Gasteiger partial charge in [-0.05, 0) is 89.6 Å². The van der Waals surface area contributed by atoms with E-state index < -0.39 is 0 Å². The van der Waals surface area contributed by atoms with E-state index in [9.17, 15) is 0 Å². The molecule has 0 radical (unpaired) electrons. The van der Waals surface area contributed by atoms with Crippen LogP contribution in [0.3, 0.4) is 0 Å². The Kier molecular flexibility index (Phi) is 8.16. The van der Waals surface area contributed by atoms with Crippen molar-refractivity contribution in [1.29, 1.82) is 0 Å². The van der Waals surface area contributed by atoms with Crippen molar-refractivity contribution in [3.8, 4) is 22.6 Å². The maximum Gasteiger partial charge on any atom is 0.164 e. The molecule has 2 aliphatic carbocycles. The third-order valence-electron chi connectivity index (χ3n) is 8.85. The summed E-state index contributed by atoms with van der Waals surface area (Å²) >= 11 is 0. The molecular formula is C43H33N5. The second kappa shape index (κ2) is 13.3. The molecule has 3 aromatic heterocycles. The Morgan fingerprint density at radius 3 is 1.92 bits per heavy atom. The lowest BCUT2D eigenvalue weighted by atomic mass is 9.83. The summed E-state index contributed by atoms with van der Waals surface area (Å²) in [5, 5.41) is 0. The van der Waals surface area contributed by atoms with Crippen molar-refractivity contribution < 1.29 is 0 Å². The number of hydrogen-bond acceptors (Lipinski definition) is 5. The quantitative estimate of drug-likeness (QED) is 0.178. The summed E-state index contributed by atoms with van der Waals surface area (Å²) in [6.45, 7) is 0. The van der Waals surface area contributed by atoms with Gasteiger partial charge in [0.05, 0.1) is 11.4 Å². The van der Waals surface area contributed by atoms with Gasteiger partial charge in [-0.3, -0.25) is 9.97 Å². The molecule has 0 amide bonds. The molecule has 2 aliphatic rings. The maximum atomic E-state index is 5.21. The highest BCUT2D eigenvalue weighted by Gasteiger charge is 2.23. The molecular weight excluding hydrogens is 587 g/mol. The minimum atomic E-state index is 0.183. The van der Waals surface area contributed by atoms with Crippen LogP contribution in [0, 0.1) is 0 Å². The van der Waals surface area contributed by atoms with Crippen LogP contribution in [0.1, 0.15) is 53.7 Å². The molecule has 1 atom stereocenters. The Hall–Kier alpha value is -6.07. The lowest BCUT2D eigenvalue weighted by Crippen LogP contribution is -2.10. The Bertz CT molecular complexity index is 2180. The minimum absolute atomic E-state index is 0.183. The van der Waals surface area contributed by atoms with E-state index in [0.29, 0.717) is 17.5 Å². The highest BCUT2D eigenvalue weighted by molar-refractivity contribution is 5.87. The van der Waals surface area contributed by atoms with Crippen molar-refractivity contribution in [2.24, 2.45) is 0 Å². The standard InChI is InChI=1S/C43H33N5/c1-3-13-30(14-4-1)36-27-37(31-15-5-2-6-16-31)29-38(28-36)43-47-41(34-19-11-17-32(25-34)39-21-7-9-23-44-39)46-42(48-43)35-20-12-18-33(26-35)40-22-8-10-24-45-40/h1-11,13-17,19-28,37H,12,18,29H2. The second-order valence-corrected chi connectivity index (χ2v) is 12.1. The predicted molar refractivity (Wildman–Crippen MR) is 194 cm³/mol. The van der Waals surface area contributed by atoms with Crippen molar-refractivity contribution in [1.82, 2.24) is 24.9 Å². The van der Waals surface area contributed by atoms with Crippen molar-refractivity contribution in [3.63, 3.8) is 0 Å². The number of allylic oxidation sites excluding steroid dienone is 8. The number of hydrogen-bond donors (Lipinski definition) is 0. The smallest absolute Gasteiger partial charge is 0.164 e. The molecule has 1 unspecified atom stereocenters. The van der Waals surface area contributed by atoms with Crippen LogP contribution < -0.4 is 0 Å². The van der Waals surface area contributed by atoms with Gasteiger partial charge in [0.25, 0.3) is 0 Å². The lowest BCUT2D eigenvalue weighted by Gasteiger charge is -2.23. The third kappa shape index (κ3) is 6.31. The van der Waals surface area contributed by atoms with Crippen LogP contribution in [0.25, 0.3) is 44.9 Å². The molecule has 5 heteroatoms. The van der Waals surface area contributed by atoms with Crippen molar-refractivity contribution >= 4 is 22.3 Å². The molecule has 0 bridgehead atoms. The molecule has 6 aromatic rings. The summed E-state index contributed by atoms with van der Waals surface area (Å²) in [7, 11) is 0. The van der Waals surface area contributed by atoms with E-state index in [1.807, 2.05) is 48.8 Å². The van der Waals surface area contributed by atoms with Gasteiger partial charge in [-0.1, -0.05) is 103 Å². The van der Waals surface area contributed by atoms with Crippen molar-refractivity contribution in [3.05, 3.63) is 186 Å². The summed E-state index contributed by atoms with van der Waals surface area (Å²) in [5.74, 6) is 2.18. The van der Waals surface area contributed by atoms with E-state index in [-0.39, 0.29) is 5.92 Å². The van der Waals surface area contributed by atoms with Gasteiger partial charge in [-0.2, -0.15) is 0 Å². The van der Waals surface area contributed by atoms with Crippen LogP contribution in [-0.4, -0.2) is 24.9 Å². The van der Waals surface area contributed by atoms with Gasteiger partial charge in [0, 0.05) is 35.0 Å². The fraction of sp³-hybridized carbons (Fsp3) is 0.0930. The highest BCUT2D eigenvalue weighted by atomic mass is 15.0. The Morgan fingerprint density at radius 1 is 0.500 bits per heavy atom. The van der Waals surface area contributed by atoms with E-state index in [4.69, 9.17) is 15.0 Å². The first-order chi connectivity index (χ1) is 23.8. The fourth-order valence-corrected chi connectivity index (χ4v) is 6.43. The normalized spacial score (nSPS) is 16.0. The summed E-state index contributed by atoms with van der Waals surface area (Å²) in [5.41, 5.74) is 10.7. The molecule has 230 valence electrons. The number of benzene rings is 3.